The van der Waals surface area contributed by atoms with Crippen LogP contribution in [0.15, 0.2) is 24.3 Å². The second-order valence-electron chi connectivity index (χ2n) is 3.23. The molecule has 0 aromatic heterocycles. The Kier molecular flexibility index (Phi) is 4.12. The van der Waals surface area contributed by atoms with Crippen LogP contribution in [0.5, 0.6) is 5.75 Å². The largest absolute Gasteiger partial charge is 0.508 e. The van der Waals surface area contributed by atoms with Gasteiger partial charge in [-0.25, -0.2) is 0 Å². The van der Waals surface area contributed by atoms with E-state index in [2.05, 4.69) is 0 Å². The molecule has 0 saturated carbocycles. The summed E-state index contributed by atoms with van der Waals surface area (Å²) in [6.07, 6.45) is 0.416. The van der Waals surface area contributed by atoms with Gasteiger partial charge in [0, 0.05) is 0 Å². The molecule has 4 heteroatoms. The molecule has 0 aliphatic rings. The maximum Gasteiger partial charge on any atom is 0.323 e. The van der Waals surface area contributed by atoms with Gasteiger partial charge in [-0.15, -0.1) is 0 Å². The van der Waals surface area contributed by atoms with E-state index in [-0.39, 0.29) is 5.75 Å². The minimum absolute atomic E-state index is 0.198. The maximum absolute atomic E-state index is 11.2. The van der Waals surface area contributed by atoms with Crippen molar-refractivity contribution < 1.29 is 14.6 Å². The molecule has 1 aromatic carbocycles. The van der Waals surface area contributed by atoms with Crippen molar-refractivity contribution in [2.24, 2.45) is 5.73 Å². The molecule has 0 fully saturated rings. The molecule has 0 heterocycles. The Labute approximate surface area is 88.7 Å². The Hall–Kier alpha value is -1.55. The third kappa shape index (κ3) is 3.59. The van der Waals surface area contributed by atoms with E-state index in [0.717, 1.165) is 5.56 Å². The minimum Gasteiger partial charge on any atom is -0.508 e. The van der Waals surface area contributed by atoms with Gasteiger partial charge in [0.25, 0.3) is 0 Å². The van der Waals surface area contributed by atoms with E-state index in [4.69, 9.17) is 15.6 Å². The SMILES string of the molecule is [13CH3][13CH2]O[13C](=O)[13C@@H](N)[13CH2][13c]1[13cH][13cH][13c](O)[13cH][13cH]1. The number of hydrogen-bond donors (Lipinski definition) is 2. The van der Waals surface area contributed by atoms with Gasteiger partial charge in [0.15, 0.2) is 0 Å². The average molecular weight is 220 g/mol. The van der Waals surface area contributed by atoms with Crippen molar-refractivity contribution in [2.75, 3.05) is 6.61 Å². The standard InChI is InChI=1S/C11H15NO3/c1-2-15-11(14)10(12)7-8-3-5-9(13)6-4-8/h3-6,10,13H,2,7,12H2,1H3/t10-/m0/s1/i1+1,2+1,3+1,4+1,5+1,6+1,7+1,8+1,9+1,10+1,11+1. The van der Waals surface area contributed by atoms with E-state index in [1.807, 2.05) is 0 Å². The summed E-state index contributed by atoms with van der Waals surface area (Å²) in [7, 11) is 0. The summed E-state index contributed by atoms with van der Waals surface area (Å²) in [5.41, 5.74) is 6.53. The molecule has 3 N–H and O–H groups in total. The van der Waals surface area contributed by atoms with Gasteiger partial charge < -0.3 is 15.6 Å². The van der Waals surface area contributed by atoms with Crippen LogP contribution in [-0.4, -0.2) is 23.7 Å². The summed E-state index contributed by atoms with van der Waals surface area (Å²) in [4.78, 5) is 11.2. The second-order valence-corrected chi connectivity index (χ2v) is 3.23. The topological polar surface area (TPSA) is 72.5 Å². The number of phenols is 1. The Morgan fingerprint density at radius 3 is 2.60 bits per heavy atom. The highest BCUT2D eigenvalue weighted by molar-refractivity contribution is 5.75. The smallest absolute Gasteiger partial charge is 0.323 e. The normalized spacial score (nSPS) is 12.1. The van der Waals surface area contributed by atoms with Crippen molar-refractivity contribution in [3.05, 3.63) is 29.8 Å². The summed E-state index contributed by atoms with van der Waals surface area (Å²) in [5, 5.41) is 9.06. The highest BCUT2D eigenvalue weighted by Crippen LogP contribution is 2.11. The predicted octanol–water partition coefficient (Wildman–Crippen LogP) is 0.825. The molecule has 1 atom stereocenters. The van der Waals surface area contributed by atoms with Crippen LogP contribution in [0.25, 0.3) is 0 Å². The molecule has 1 aromatic rings. The molecule has 82 valence electrons. The average Bonchev–Trinajstić information content (AvgIpc) is 2.22. The van der Waals surface area contributed by atoms with E-state index >= 15 is 0 Å². The number of benzene rings is 1. The fourth-order valence-corrected chi connectivity index (χ4v) is 1.22. The molecular formula is C11H15NO3. The van der Waals surface area contributed by atoms with Gasteiger partial charge in [-0.3, -0.25) is 4.79 Å². The lowest BCUT2D eigenvalue weighted by atomic mass is 11.0. The molecule has 0 aliphatic carbocycles. The quantitative estimate of drug-likeness (QED) is 0.582. The summed E-state index contributed by atoms with van der Waals surface area (Å²) >= 11 is 0. The van der Waals surface area contributed by atoms with Gasteiger partial charge in [-0.1, -0.05) is 12.1 Å². The van der Waals surface area contributed by atoms with E-state index < -0.39 is 12.0 Å². The third-order valence-electron chi connectivity index (χ3n) is 1.98. The highest BCUT2D eigenvalue weighted by Gasteiger charge is 2.14. The monoisotopic (exact) mass is 220 g/mol. The van der Waals surface area contributed by atoms with Crippen LogP contribution in [0.4, 0.5) is 0 Å². The summed E-state index contributed by atoms with van der Waals surface area (Å²) in [6, 6.07) is 5.94. The lowest BCUT2D eigenvalue weighted by Gasteiger charge is -2.10. The number of phenolic OH excluding ortho intramolecular Hbond substituents is 1. The number of carbonyl (C=O) groups excluding carboxylic acids is 1. The second kappa shape index (κ2) is 5.36. The van der Waals surface area contributed by atoms with Crippen LogP contribution in [0.3, 0.4) is 0 Å². The summed E-state index contributed by atoms with van der Waals surface area (Å²) in [6.45, 7) is 2.08. The summed E-state index contributed by atoms with van der Waals surface area (Å²) < 4.78 is 4.79. The molecule has 0 amide bonds. The molecule has 1 rings (SSSR count). The molecule has 0 radical (unpaired) electrons. The zero-order chi connectivity index (χ0) is 11.3. The van der Waals surface area contributed by atoms with Gasteiger partial charge >= 0.3 is 5.97 Å². The zero-order valence-corrected chi connectivity index (χ0v) is 8.64. The molecule has 0 aliphatic heterocycles. The number of rotatable bonds is 4. The molecular weight excluding hydrogens is 205 g/mol. The zero-order valence-electron chi connectivity index (χ0n) is 8.64. The lowest BCUT2D eigenvalue weighted by molar-refractivity contribution is -0.144. The predicted molar refractivity (Wildman–Crippen MR) is 56.4 cm³/mol. The van der Waals surface area contributed by atoms with Crippen LogP contribution >= 0.6 is 0 Å². The number of nitrogens with two attached hydrogens (primary N) is 1. The Morgan fingerprint density at radius 1 is 1.47 bits per heavy atom. The third-order valence-corrected chi connectivity index (χ3v) is 1.98. The van der Waals surface area contributed by atoms with Gasteiger partial charge in [0.1, 0.15) is 11.8 Å². The van der Waals surface area contributed by atoms with Gasteiger partial charge in [0.2, 0.25) is 0 Å². The first-order valence-electron chi connectivity index (χ1n) is 4.83. The highest BCUT2D eigenvalue weighted by atomic mass is 16.7. The van der Waals surface area contributed by atoms with Gasteiger partial charge in [-0.05, 0) is 31.0 Å². The summed E-state index contributed by atoms with van der Waals surface area (Å²) in [5.74, 6) is -0.200. The van der Waals surface area contributed by atoms with Crippen LogP contribution in [0.1, 0.15) is 12.5 Å². The molecule has 0 spiro atoms. The van der Waals surface area contributed by atoms with E-state index in [0.29, 0.717) is 13.0 Å². The van der Waals surface area contributed by atoms with Crippen molar-refractivity contribution in [2.45, 2.75) is 19.4 Å². The van der Waals surface area contributed by atoms with E-state index in [1.54, 1.807) is 31.2 Å². The van der Waals surface area contributed by atoms with Crippen LogP contribution in [0.2, 0.25) is 0 Å². The number of aromatic hydroxyl groups is 1. The number of esters is 1. The van der Waals surface area contributed by atoms with Gasteiger partial charge in [-0.2, -0.15) is 0 Å². The van der Waals surface area contributed by atoms with Crippen molar-refractivity contribution in [3.63, 3.8) is 0 Å². The van der Waals surface area contributed by atoms with Crippen molar-refractivity contribution >= 4 is 5.97 Å². The van der Waals surface area contributed by atoms with Crippen molar-refractivity contribution in [1.82, 2.24) is 0 Å². The van der Waals surface area contributed by atoms with Crippen molar-refractivity contribution in [3.8, 4) is 5.75 Å². The first kappa shape index (κ1) is 11.5. The minimum atomic E-state index is -0.644. The molecule has 0 saturated heterocycles. The Balaban J connectivity index is 2.54. The Bertz CT molecular complexity index is 321. The van der Waals surface area contributed by atoms with E-state index in [9.17, 15) is 4.79 Å². The van der Waals surface area contributed by atoms with Crippen LogP contribution in [0, 0.1) is 0 Å². The van der Waals surface area contributed by atoms with Gasteiger partial charge in [0.05, 0.1) is 6.61 Å². The fraction of sp³-hybridized carbons (Fsp3) is 0.364. The molecule has 4 nitrogen and oxygen atoms in total. The van der Waals surface area contributed by atoms with Crippen molar-refractivity contribution in [1.29, 1.82) is 0 Å². The fourth-order valence-electron chi connectivity index (χ4n) is 1.22. The maximum atomic E-state index is 11.2. The number of ether oxygens (including phenoxy) is 1. The number of hydrogen-bond acceptors (Lipinski definition) is 4. The first-order valence-corrected chi connectivity index (χ1v) is 4.83. The number of carbonyl (C=O) groups is 1. The van der Waals surface area contributed by atoms with E-state index in [1.165, 1.54) is 0 Å². The van der Waals surface area contributed by atoms with Crippen LogP contribution in [-0.2, 0) is 16.0 Å². The molecule has 0 unspecified atom stereocenters. The first-order chi connectivity index (χ1) is 7.13. The molecule has 0 bridgehead atoms. The van der Waals surface area contributed by atoms with Crippen LogP contribution < -0.4 is 5.73 Å². The lowest BCUT2D eigenvalue weighted by Crippen LogP contribution is -2.34. The Morgan fingerprint density at radius 2 is 2.07 bits per heavy atom. The molecule has 15 heavy (non-hydrogen) atoms.